The number of aryl methyl sites for hydroxylation is 1. The summed E-state index contributed by atoms with van der Waals surface area (Å²) in [7, 11) is 0. The molecule has 20 heavy (non-hydrogen) atoms. The summed E-state index contributed by atoms with van der Waals surface area (Å²) in [5.74, 6) is -0.578. The van der Waals surface area contributed by atoms with Gasteiger partial charge in [0.1, 0.15) is 11.9 Å². The van der Waals surface area contributed by atoms with Crippen molar-refractivity contribution in [2.45, 2.75) is 39.2 Å². The third-order valence-corrected chi connectivity index (χ3v) is 2.72. The largest absolute Gasteiger partial charge is 0.508 e. The number of esters is 2. The number of ether oxygens (including phenoxy) is 2. The molecule has 0 aromatic heterocycles. The van der Waals surface area contributed by atoms with Crippen LogP contribution < -0.4 is 0 Å². The van der Waals surface area contributed by atoms with E-state index in [4.69, 9.17) is 9.47 Å². The number of hydrogen-bond acceptors (Lipinski definition) is 5. The van der Waals surface area contributed by atoms with Crippen molar-refractivity contribution in [1.82, 2.24) is 0 Å². The highest BCUT2D eigenvalue weighted by atomic mass is 16.6. The molecule has 0 aliphatic carbocycles. The second-order valence-corrected chi connectivity index (χ2v) is 4.45. The number of rotatable bonds is 7. The van der Waals surface area contributed by atoms with Gasteiger partial charge in [0.15, 0.2) is 0 Å². The second-order valence-electron chi connectivity index (χ2n) is 4.45. The maximum atomic E-state index is 11.4. The van der Waals surface area contributed by atoms with Gasteiger partial charge < -0.3 is 14.6 Å². The first kappa shape index (κ1) is 16.0. The van der Waals surface area contributed by atoms with Gasteiger partial charge in [0.25, 0.3) is 0 Å². The Morgan fingerprint density at radius 1 is 1.25 bits per heavy atom. The minimum atomic E-state index is -0.486. The van der Waals surface area contributed by atoms with E-state index in [1.807, 2.05) is 0 Å². The molecule has 0 saturated carbocycles. The number of carbonyl (C=O) groups excluding carboxylic acids is 2. The second kappa shape index (κ2) is 8.19. The minimum Gasteiger partial charge on any atom is -0.508 e. The van der Waals surface area contributed by atoms with Crippen LogP contribution in [0.2, 0.25) is 0 Å². The summed E-state index contributed by atoms with van der Waals surface area (Å²) in [5.41, 5.74) is 1.00. The summed E-state index contributed by atoms with van der Waals surface area (Å²) >= 11 is 0. The Hall–Kier alpha value is -2.04. The van der Waals surface area contributed by atoms with Crippen molar-refractivity contribution >= 4 is 11.9 Å². The Morgan fingerprint density at radius 3 is 2.45 bits per heavy atom. The lowest BCUT2D eigenvalue weighted by Gasteiger charge is -2.16. The van der Waals surface area contributed by atoms with E-state index in [1.165, 1.54) is 6.92 Å². The van der Waals surface area contributed by atoms with E-state index >= 15 is 0 Å². The first-order chi connectivity index (χ1) is 9.51. The number of phenolic OH excluding ortho intramolecular Hbond substituents is 1. The third-order valence-electron chi connectivity index (χ3n) is 2.72. The van der Waals surface area contributed by atoms with Crippen molar-refractivity contribution in [3.63, 3.8) is 0 Å². The van der Waals surface area contributed by atoms with Crippen LogP contribution in [0.5, 0.6) is 5.75 Å². The molecule has 1 aromatic carbocycles. The minimum absolute atomic E-state index is 0.0610. The molecule has 1 rings (SSSR count). The van der Waals surface area contributed by atoms with Crippen LogP contribution in [0.15, 0.2) is 24.3 Å². The number of phenols is 1. The van der Waals surface area contributed by atoms with Crippen LogP contribution in [-0.4, -0.2) is 29.8 Å². The maximum Gasteiger partial charge on any atom is 0.309 e. The summed E-state index contributed by atoms with van der Waals surface area (Å²) in [5, 5.41) is 9.20. The molecule has 1 atom stereocenters. The average molecular weight is 280 g/mol. The normalized spacial score (nSPS) is 11.7. The zero-order valence-corrected chi connectivity index (χ0v) is 11.8. The fraction of sp³-hybridized carbons (Fsp3) is 0.467. The predicted molar refractivity (Wildman–Crippen MR) is 73.2 cm³/mol. The lowest BCUT2D eigenvalue weighted by atomic mass is 10.0. The Kier molecular flexibility index (Phi) is 6.56. The van der Waals surface area contributed by atoms with Crippen molar-refractivity contribution in [1.29, 1.82) is 0 Å². The molecule has 0 amide bonds. The molecule has 0 heterocycles. The summed E-state index contributed by atoms with van der Waals surface area (Å²) in [6.45, 7) is 3.36. The zero-order valence-electron chi connectivity index (χ0n) is 11.8. The molecule has 0 aliphatic rings. The number of carbonyl (C=O) groups is 2. The van der Waals surface area contributed by atoms with Crippen molar-refractivity contribution < 1.29 is 24.2 Å². The first-order valence-corrected chi connectivity index (χ1v) is 6.62. The predicted octanol–water partition coefficient (Wildman–Crippen LogP) is 2.21. The highest BCUT2D eigenvalue weighted by Gasteiger charge is 2.17. The van der Waals surface area contributed by atoms with Crippen LogP contribution in [0.25, 0.3) is 0 Å². The molecule has 0 fully saturated rings. The van der Waals surface area contributed by atoms with E-state index in [0.717, 1.165) is 5.56 Å². The molecule has 5 heteroatoms. The van der Waals surface area contributed by atoms with Crippen LogP contribution in [0.4, 0.5) is 0 Å². The van der Waals surface area contributed by atoms with Crippen LogP contribution >= 0.6 is 0 Å². The molecule has 1 aromatic rings. The smallest absolute Gasteiger partial charge is 0.309 e. The number of benzene rings is 1. The van der Waals surface area contributed by atoms with Crippen molar-refractivity contribution in [2.24, 2.45) is 0 Å². The van der Waals surface area contributed by atoms with Crippen LogP contribution in [0.3, 0.4) is 0 Å². The fourth-order valence-corrected chi connectivity index (χ4v) is 1.83. The molecular weight excluding hydrogens is 260 g/mol. The summed E-state index contributed by atoms with van der Waals surface area (Å²) < 4.78 is 9.98. The molecular formula is C15H20O5. The highest BCUT2D eigenvalue weighted by molar-refractivity contribution is 5.71. The van der Waals surface area contributed by atoms with Crippen molar-refractivity contribution in [2.75, 3.05) is 6.61 Å². The molecule has 0 aliphatic heterocycles. The Bertz CT molecular complexity index is 438. The number of aromatic hydroxyl groups is 1. The van der Waals surface area contributed by atoms with Gasteiger partial charge in [-0.2, -0.15) is 0 Å². The summed E-state index contributed by atoms with van der Waals surface area (Å²) in [4.78, 5) is 22.5. The quantitative estimate of drug-likeness (QED) is 0.775. The Balaban J connectivity index is 2.53. The van der Waals surface area contributed by atoms with Gasteiger partial charge in [0, 0.05) is 6.92 Å². The van der Waals surface area contributed by atoms with E-state index in [-0.39, 0.29) is 18.1 Å². The van der Waals surface area contributed by atoms with Crippen molar-refractivity contribution in [3.05, 3.63) is 29.8 Å². The Morgan fingerprint density at radius 2 is 1.90 bits per heavy atom. The summed E-state index contributed by atoms with van der Waals surface area (Å²) in [6, 6.07) is 6.79. The first-order valence-electron chi connectivity index (χ1n) is 6.62. The standard InChI is InChI=1S/C15H20O5/c1-3-19-15(18)10-14(20-11(2)16)9-6-12-4-7-13(17)8-5-12/h4-5,7-8,14,17H,3,6,9-10H2,1-2H3/t14-/m0/s1. The lowest BCUT2D eigenvalue weighted by Crippen LogP contribution is -2.22. The molecule has 5 nitrogen and oxygen atoms in total. The van der Waals surface area contributed by atoms with E-state index < -0.39 is 12.1 Å². The third kappa shape index (κ3) is 6.22. The van der Waals surface area contributed by atoms with Gasteiger partial charge in [0.05, 0.1) is 13.0 Å². The molecule has 0 unspecified atom stereocenters. The van der Waals surface area contributed by atoms with Crippen LogP contribution in [0, 0.1) is 0 Å². The molecule has 110 valence electrons. The summed E-state index contributed by atoms with van der Waals surface area (Å²) in [6.07, 6.45) is 0.757. The topological polar surface area (TPSA) is 72.8 Å². The van der Waals surface area contributed by atoms with Gasteiger partial charge >= 0.3 is 11.9 Å². The highest BCUT2D eigenvalue weighted by Crippen LogP contribution is 2.14. The molecule has 0 radical (unpaired) electrons. The van der Waals surface area contributed by atoms with Crippen LogP contribution in [-0.2, 0) is 25.5 Å². The average Bonchev–Trinajstić information content (AvgIpc) is 2.37. The molecule has 0 spiro atoms. The van der Waals surface area contributed by atoms with Gasteiger partial charge in [-0.3, -0.25) is 9.59 Å². The van der Waals surface area contributed by atoms with Gasteiger partial charge in [-0.1, -0.05) is 12.1 Å². The fourth-order valence-electron chi connectivity index (χ4n) is 1.83. The lowest BCUT2D eigenvalue weighted by molar-refractivity contribution is -0.153. The molecule has 0 bridgehead atoms. The Labute approximate surface area is 118 Å². The maximum absolute atomic E-state index is 11.4. The van der Waals surface area contributed by atoms with Gasteiger partial charge in [-0.25, -0.2) is 0 Å². The van der Waals surface area contributed by atoms with E-state index in [9.17, 15) is 14.7 Å². The van der Waals surface area contributed by atoms with Gasteiger partial charge in [0.2, 0.25) is 0 Å². The van der Waals surface area contributed by atoms with Crippen molar-refractivity contribution in [3.8, 4) is 5.75 Å². The molecule has 1 N–H and O–H groups in total. The SMILES string of the molecule is CCOC(=O)C[C@H](CCc1ccc(O)cc1)OC(C)=O. The molecule has 0 saturated heterocycles. The van der Waals surface area contributed by atoms with E-state index in [2.05, 4.69) is 0 Å². The monoisotopic (exact) mass is 280 g/mol. The number of hydrogen-bond donors (Lipinski definition) is 1. The van der Waals surface area contributed by atoms with E-state index in [1.54, 1.807) is 31.2 Å². The van der Waals surface area contributed by atoms with Gasteiger partial charge in [-0.05, 0) is 37.5 Å². The van der Waals surface area contributed by atoms with E-state index in [0.29, 0.717) is 19.4 Å². The van der Waals surface area contributed by atoms with Gasteiger partial charge in [-0.15, -0.1) is 0 Å². The van der Waals surface area contributed by atoms with Crippen LogP contribution in [0.1, 0.15) is 32.3 Å². The zero-order chi connectivity index (χ0) is 15.0.